The highest BCUT2D eigenvalue weighted by Gasteiger charge is 2.13. The van der Waals surface area contributed by atoms with Crippen molar-refractivity contribution >= 4 is 11.6 Å². The number of hydrogen-bond acceptors (Lipinski definition) is 2. The summed E-state index contributed by atoms with van der Waals surface area (Å²) in [7, 11) is 1.82. The van der Waals surface area contributed by atoms with Gasteiger partial charge >= 0.3 is 0 Å². The van der Waals surface area contributed by atoms with Crippen LogP contribution in [0.25, 0.3) is 0 Å². The van der Waals surface area contributed by atoms with Gasteiger partial charge in [-0.3, -0.25) is 0 Å². The van der Waals surface area contributed by atoms with E-state index in [2.05, 4.69) is 5.32 Å². The van der Waals surface area contributed by atoms with Gasteiger partial charge in [0, 0.05) is 11.1 Å². The third-order valence-electron chi connectivity index (χ3n) is 2.12. The predicted octanol–water partition coefficient (Wildman–Crippen LogP) is 1.98. The summed E-state index contributed by atoms with van der Waals surface area (Å²) >= 11 is 5.81. The number of rotatable bonds is 3. The fourth-order valence-electron chi connectivity index (χ4n) is 1.14. The fourth-order valence-corrected chi connectivity index (χ4v) is 1.34. The number of halogens is 1. The lowest BCUT2D eigenvalue weighted by molar-refractivity contribution is 0.140. The van der Waals surface area contributed by atoms with Crippen LogP contribution >= 0.6 is 11.6 Å². The maximum absolute atomic E-state index is 9.79. The molecule has 0 saturated carbocycles. The SMILES string of the molecule is CN[C@@H](C)[C@@H](O)c1cccc(Cl)c1. The second kappa shape index (κ2) is 4.61. The van der Waals surface area contributed by atoms with Gasteiger partial charge in [0.2, 0.25) is 0 Å². The van der Waals surface area contributed by atoms with Crippen molar-refractivity contribution in [1.82, 2.24) is 5.32 Å². The van der Waals surface area contributed by atoms with Crippen LogP contribution in [0, 0.1) is 0 Å². The normalized spacial score (nSPS) is 15.4. The van der Waals surface area contributed by atoms with Crippen molar-refractivity contribution in [2.75, 3.05) is 7.05 Å². The monoisotopic (exact) mass is 199 g/mol. The van der Waals surface area contributed by atoms with Gasteiger partial charge in [0.25, 0.3) is 0 Å². The van der Waals surface area contributed by atoms with Gasteiger partial charge < -0.3 is 10.4 Å². The van der Waals surface area contributed by atoms with Gasteiger partial charge in [-0.2, -0.15) is 0 Å². The van der Waals surface area contributed by atoms with Gasteiger partial charge in [-0.25, -0.2) is 0 Å². The van der Waals surface area contributed by atoms with Gasteiger partial charge in [-0.15, -0.1) is 0 Å². The zero-order valence-corrected chi connectivity index (χ0v) is 8.55. The molecule has 2 nitrogen and oxygen atoms in total. The summed E-state index contributed by atoms with van der Waals surface area (Å²) in [5.41, 5.74) is 0.842. The van der Waals surface area contributed by atoms with Crippen LogP contribution in [0.15, 0.2) is 24.3 Å². The number of hydrogen-bond donors (Lipinski definition) is 2. The van der Waals surface area contributed by atoms with Crippen molar-refractivity contribution in [2.45, 2.75) is 19.1 Å². The van der Waals surface area contributed by atoms with Crippen LogP contribution in [-0.2, 0) is 0 Å². The van der Waals surface area contributed by atoms with E-state index in [0.29, 0.717) is 5.02 Å². The molecule has 72 valence electrons. The lowest BCUT2D eigenvalue weighted by atomic mass is 10.0. The zero-order chi connectivity index (χ0) is 9.84. The Balaban J connectivity index is 2.82. The first-order valence-electron chi connectivity index (χ1n) is 4.26. The van der Waals surface area contributed by atoms with E-state index in [4.69, 9.17) is 11.6 Å². The third kappa shape index (κ3) is 2.69. The number of likely N-dealkylation sites (N-methyl/N-ethyl adjacent to an activating group) is 1. The molecule has 0 spiro atoms. The molecular weight excluding hydrogens is 186 g/mol. The molecule has 2 atom stereocenters. The topological polar surface area (TPSA) is 32.3 Å². The highest BCUT2D eigenvalue weighted by Crippen LogP contribution is 2.19. The maximum Gasteiger partial charge on any atom is 0.0940 e. The van der Waals surface area contributed by atoms with E-state index in [1.54, 1.807) is 12.1 Å². The Labute approximate surface area is 83.5 Å². The molecule has 0 aromatic heterocycles. The minimum absolute atomic E-state index is 0.0264. The Hall–Kier alpha value is -0.570. The van der Waals surface area contributed by atoms with Crippen LogP contribution in [-0.4, -0.2) is 18.2 Å². The molecule has 0 radical (unpaired) electrons. The van der Waals surface area contributed by atoms with E-state index in [1.165, 1.54) is 0 Å². The zero-order valence-electron chi connectivity index (χ0n) is 7.79. The number of benzene rings is 1. The van der Waals surface area contributed by atoms with Crippen molar-refractivity contribution < 1.29 is 5.11 Å². The molecule has 13 heavy (non-hydrogen) atoms. The van der Waals surface area contributed by atoms with Gasteiger partial charge in [-0.1, -0.05) is 23.7 Å². The van der Waals surface area contributed by atoms with Crippen molar-refractivity contribution in [2.24, 2.45) is 0 Å². The molecule has 0 unspecified atom stereocenters. The number of nitrogens with one attached hydrogen (secondary N) is 1. The van der Waals surface area contributed by atoms with Crippen molar-refractivity contribution in [3.8, 4) is 0 Å². The fraction of sp³-hybridized carbons (Fsp3) is 0.400. The van der Waals surface area contributed by atoms with E-state index < -0.39 is 6.10 Å². The summed E-state index contributed by atoms with van der Waals surface area (Å²) in [6.45, 7) is 1.92. The Kier molecular flexibility index (Phi) is 3.72. The van der Waals surface area contributed by atoms with Crippen LogP contribution in [0.1, 0.15) is 18.6 Å². The van der Waals surface area contributed by atoms with Crippen LogP contribution in [0.3, 0.4) is 0 Å². The second-order valence-corrected chi connectivity index (χ2v) is 3.51. The lowest BCUT2D eigenvalue weighted by Crippen LogP contribution is -2.28. The predicted molar refractivity (Wildman–Crippen MR) is 54.9 cm³/mol. The van der Waals surface area contributed by atoms with E-state index in [9.17, 15) is 5.11 Å². The molecule has 0 saturated heterocycles. The summed E-state index contributed by atoms with van der Waals surface area (Å²) < 4.78 is 0. The Morgan fingerprint density at radius 3 is 2.69 bits per heavy atom. The van der Waals surface area contributed by atoms with Crippen LogP contribution in [0.2, 0.25) is 5.02 Å². The summed E-state index contributed by atoms with van der Waals surface area (Å²) in [6.07, 6.45) is -0.510. The summed E-state index contributed by atoms with van der Waals surface area (Å²) in [5, 5.41) is 13.4. The van der Waals surface area contributed by atoms with Gasteiger partial charge in [0.05, 0.1) is 6.10 Å². The Bertz CT molecular complexity index is 277. The van der Waals surface area contributed by atoms with E-state index in [0.717, 1.165) is 5.56 Å². The lowest BCUT2D eigenvalue weighted by Gasteiger charge is -2.18. The van der Waals surface area contributed by atoms with Crippen molar-refractivity contribution in [3.63, 3.8) is 0 Å². The number of aliphatic hydroxyl groups is 1. The molecule has 0 aliphatic rings. The molecular formula is C10H14ClNO. The van der Waals surface area contributed by atoms with Gasteiger partial charge in [-0.05, 0) is 31.7 Å². The molecule has 0 heterocycles. The molecule has 0 aliphatic carbocycles. The van der Waals surface area contributed by atoms with E-state index in [-0.39, 0.29) is 6.04 Å². The third-order valence-corrected chi connectivity index (χ3v) is 2.35. The first-order valence-corrected chi connectivity index (χ1v) is 4.63. The molecule has 1 aromatic carbocycles. The Morgan fingerprint density at radius 2 is 2.15 bits per heavy atom. The van der Waals surface area contributed by atoms with Gasteiger partial charge in [0.1, 0.15) is 0 Å². The summed E-state index contributed by atoms with van der Waals surface area (Å²) in [4.78, 5) is 0. The highest BCUT2D eigenvalue weighted by atomic mass is 35.5. The van der Waals surface area contributed by atoms with Crippen LogP contribution in [0.4, 0.5) is 0 Å². The molecule has 0 fully saturated rings. The average Bonchev–Trinajstić information content (AvgIpc) is 2.15. The first kappa shape index (κ1) is 10.5. The molecule has 0 aliphatic heterocycles. The second-order valence-electron chi connectivity index (χ2n) is 3.08. The van der Waals surface area contributed by atoms with E-state index >= 15 is 0 Å². The smallest absolute Gasteiger partial charge is 0.0940 e. The van der Waals surface area contributed by atoms with Crippen LogP contribution in [0.5, 0.6) is 0 Å². The largest absolute Gasteiger partial charge is 0.387 e. The highest BCUT2D eigenvalue weighted by molar-refractivity contribution is 6.30. The molecule has 3 heteroatoms. The summed E-state index contributed by atoms with van der Waals surface area (Å²) in [6, 6.07) is 7.30. The minimum atomic E-state index is -0.510. The molecule has 0 amide bonds. The van der Waals surface area contributed by atoms with Crippen molar-refractivity contribution in [3.05, 3.63) is 34.9 Å². The number of aliphatic hydroxyl groups excluding tert-OH is 1. The quantitative estimate of drug-likeness (QED) is 0.781. The van der Waals surface area contributed by atoms with Crippen molar-refractivity contribution in [1.29, 1.82) is 0 Å². The molecule has 1 aromatic rings. The standard InChI is InChI=1S/C10H14ClNO/c1-7(12-2)10(13)8-4-3-5-9(11)6-8/h3-7,10,12-13H,1-2H3/t7-,10+/m0/s1. The average molecular weight is 200 g/mol. The molecule has 2 N–H and O–H groups in total. The van der Waals surface area contributed by atoms with Gasteiger partial charge in [0.15, 0.2) is 0 Å². The first-order chi connectivity index (χ1) is 6.15. The summed E-state index contributed by atoms with van der Waals surface area (Å²) in [5.74, 6) is 0. The molecule has 1 rings (SSSR count). The minimum Gasteiger partial charge on any atom is -0.387 e. The van der Waals surface area contributed by atoms with E-state index in [1.807, 2.05) is 26.1 Å². The Morgan fingerprint density at radius 1 is 1.46 bits per heavy atom. The maximum atomic E-state index is 9.79. The molecule has 0 bridgehead atoms. The van der Waals surface area contributed by atoms with Crippen LogP contribution < -0.4 is 5.32 Å².